The van der Waals surface area contributed by atoms with Crippen LogP contribution < -0.4 is 5.73 Å². The molecule has 0 saturated heterocycles. The molecular formula is C18H37NO4. The van der Waals surface area contributed by atoms with E-state index in [0.29, 0.717) is 19.6 Å². The van der Waals surface area contributed by atoms with Gasteiger partial charge in [0.1, 0.15) is 11.7 Å². The Morgan fingerprint density at radius 2 is 1.65 bits per heavy atom. The molecule has 23 heavy (non-hydrogen) atoms. The van der Waals surface area contributed by atoms with Crippen molar-refractivity contribution in [2.24, 2.45) is 11.1 Å². The Morgan fingerprint density at radius 1 is 1.09 bits per heavy atom. The number of ether oxygens (including phenoxy) is 3. The molecular weight excluding hydrogens is 294 g/mol. The number of hydrogen-bond donors (Lipinski definition) is 1. The van der Waals surface area contributed by atoms with Gasteiger partial charge in [-0.15, -0.1) is 0 Å². The van der Waals surface area contributed by atoms with Crippen molar-refractivity contribution in [3.05, 3.63) is 0 Å². The zero-order valence-electron chi connectivity index (χ0n) is 16.3. The average molecular weight is 331 g/mol. The van der Waals surface area contributed by atoms with Gasteiger partial charge in [0.05, 0.1) is 12.2 Å². The lowest BCUT2D eigenvalue weighted by Crippen LogP contribution is -2.41. The fourth-order valence-corrected chi connectivity index (χ4v) is 1.70. The SMILES string of the molecule is CC(CCCN)OC(=O)OC(C)(C)CCOC(C)(C)C(C)(C)C. The lowest BCUT2D eigenvalue weighted by atomic mass is 9.79. The highest BCUT2D eigenvalue weighted by Crippen LogP contribution is 2.33. The van der Waals surface area contributed by atoms with Gasteiger partial charge in [-0.2, -0.15) is 0 Å². The van der Waals surface area contributed by atoms with E-state index in [1.807, 2.05) is 20.8 Å². The van der Waals surface area contributed by atoms with Crippen molar-refractivity contribution in [3.8, 4) is 0 Å². The van der Waals surface area contributed by atoms with Crippen molar-refractivity contribution < 1.29 is 19.0 Å². The fraction of sp³-hybridized carbons (Fsp3) is 0.944. The Bertz CT molecular complexity index is 359. The van der Waals surface area contributed by atoms with Gasteiger partial charge in [-0.3, -0.25) is 0 Å². The predicted molar refractivity (Wildman–Crippen MR) is 93.5 cm³/mol. The van der Waals surface area contributed by atoms with Gasteiger partial charge in [0.25, 0.3) is 0 Å². The first-order chi connectivity index (χ1) is 10.3. The summed E-state index contributed by atoms with van der Waals surface area (Å²) in [6.07, 6.45) is 1.37. The van der Waals surface area contributed by atoms with Gasteiger partial charge in [0.2, 0.25) is 0 Å². The maximum absolute atomic E-state index is 11.8. The molecule has 0 rings (SSSR count). The van der Waals surface area contributed by atoms with E-state index in [-0.39, 0.29) is 17.1 Å². The molecule has 0 aromatic carbocycles. The third-order valence-corrected chi connectivity index (χ3v) is 4.45. The van der Waals surface area contributed by atoms with Gasteiger partial charge in [0.15, 0.2) is 0 Å². The van der Waals surface area contributed by atoms with Crippen LogP contribution >= 0.6 is 0 Å². The van der Waals surface area contributed by atoms with E-state index in [1.165, 1.54) is 0 Å². The van der Waals surface area contributed by atoms with Crippen LogP contribution in [0.2, 0.25) is 0 Å². The highest BCUT2D eigenvalue weighted by Gasteiger charge is 2.34. The van der Waals surface area contributed by atoms with Crippen molar-refractivity contribution in [1.82, 2.24) is 0 Å². The molecule has 1 unspecified atom stereocenters. The van der Waals surface area contributed by atoms with E-state index in [2.05, 4.69) is 34.6 Å². The maximum atomic E-state index is 11.8. The van der Waals surface area contributed by atoms with Crippen molar-refractivity contribution in [1.29, 1.82) is 0 Å². The number of nitrogens with two attached hydrogens (primary N) is 1. The minimum Gasteiger partial charge on any atom is -0.431 e. The van der Waals surface area contributed by atoms with Crippen LogP contribution in [0.25, 0.3) is 0 Å². The van der Waals surface area contributed by atoms with Crippen LogP contribution in [0.5, 0.6) is 0 Å². The number of hydrogen-bond acceptors (Lipinski definition) is 5. The van der Waals surface area contributed by atoms with Crippen LogP contribution in [0, 0.1) is 5.41 Å². The summed E-state index contributed by atoms with van der Waals surface area (Å²) in [5.41, 5.74) is 4.61. The lowest BCUT2D eigenvalue weighted by Gasteiger charge is -2.39. The molecule has 0 aliphatic heterocycles. The third-order valence-electron chi connectivity index (χ3n) is 4.45. The second-order valence-electron chi connectivity index (χ2n) is 8.33. The van der Waals surface area contributed by atoms with E-state index < -0.39 is 11.8 Å². The summed E-state index contributed by atoms with van der Waals surface area (Å²) in [5.74, 6) is 0. The maximum Gasteiger partial charge on any atom is 0.509 e. The molecule has 0 aliphatic carbocycles. The van der Waals surface area contributed by atoms with Crippen LogP contribution in [0.15, 0.2) is 0 Å². The van der Waals surface area contributed by atoms with Gasteiger partial charge < -0.3 is 19.9 Å². The first-order valence-corrected chi connectivity index (χ1v) is 8.54. The first-order valence-electron chi connectivity index (χ1n) is 8.54. The quantitative estimate of drug-likeness (QED) is 0.639. The average Bonchev–Trinajstić information content (AvgIpc) is 2.33. The van der Waals surface area contributed by atoms with E-state index in [4.69, 9.17) is 19.9 Å². The molecule has 138 valence electrons. The van der Waals surface area contributed by atoms with Crippen LogP contribution in [0.1, 0.15) is 74.7 Å². The normalized spacial score (nSPS) is 14.5. The lowest BCUT2D eigenvalue weighted by molar-refractivity contribution is -0.109. The Kier molecular flexibility index (Phi) is 8.57. The molecule has 0 radical (unpaired) electrons. The number of rotatable bonds is 9. The van der Waals surface area contributed by atoms with Crippen molar-refractivity contribution in [2.45, 2.75) is 92.0 Å². The summed E-state index contributed by atoms with van der Waals surface area (Å²) in [5, 5.41) is 0. The van der Waals surface area contributed by atoms with Crippen molar-refractivity contribution in [3.63, 3.8) is 0 Å². The van der Waals surface area contributed by atoms with Crippen LogP contribution in [0.3, 0.4) is 0 Å². The summed E-state index contributed by atoms with van der Waals surface area (Å²) in [6.45, 7) is 17.3. The Labute approximate surface area is 142 Å². The Hall–Kier alpha value is -0.810. The monoisotopic (exact) mass is 331 g/mol. The molecule has 2 N–H and O–H groups in total. The molecule has 0 bridgehead atoms. The summed E-state index contributed by atoms with van der Waals surface area (Å²) in [7, 11) is 0. The Morgan fingerprint density at radius 3 is 2.13 bits per heavy atom. The highest BCUT2D eigenvalue weighted by molar-refractivity contribution is 5.60. The summed E-state index contributed by atoms with van der Waals surface area (Å²) < 4.78 is 16.6. The van der Waals surface area contributed by atoms with Crippen molar-refractivity contribution >= 4 is 6.16 Å². The smallest absolute Gasteiger partial charge is 0.431 e. The molecule has 5 heteroatoms. The van der Waals surface area contributed by atoms with Gasteiger partial charge in [0, 0.05) is 6.42 Å². The molecule has 0 spiro atoms. The molecule has 1 atom stereocenters. The molecule has 0 aliphatic rings. The second-order valence-corrected chi connectivity index (χ2v) is 8.33. The predicted octanol–water partition coefficient (Wildman–Crippen LogP) is 4.28. The molecule has 0 heterocycles. The highest BCUT2D eigenvalue weighted by atomic mass is 16.7. The summed E-state index contributed by atoms with van der Waals surface area (Å²) >= 11 is 0. The largest absolute Gasteiger partial charge is 0.509 e. The van der Waals surface area contributed by atoms with Crippen molar-refractivity contribution in [2.75, 3.05) is 13.2 Å². The minimum atomic E-state index is -0.630. The molecule has 5 nitrogen and oxygen atoms in total. The van der Waals surface area contributed by atoms with E-state index in [9.17, 15) is 4.79 Å². The molecule has 0 saturated carbocycles. The van der Waals surface area contributed by atoms with Gasteiger partial charge >= 0.3 is 6.16 Å². The fourth-order valence-electron chi connectivity index (χ4n) is 1.70. The summed E-state index contributed by atoms with van der Waals surface area (Å²) in [4.78, 5) is 11.8. The topological polar surface area (TPSA) is 70.8 Å². The van der Waals surface area contributed by atoms with Crippen LogP contribution in [-0.4, -0.2) is 36.6 Å². The standard InChI is InChI=1S/C18H37NO4/c1-14(10-9-12-19)22-15(20)23-17(5,6)11-13-21-18(7,8)16(2,3)4/h14H,9-13,19H2,1-8H3. The van der Waals surface area contributed by atoms with Gasteiger partial charge in [-0.1, -0.05) is 20.8 Å². The number of carbonyl (C=O) groups is 1. The zero-order valence-corrected chi connectivity index (χ0v) is 16.3. The zero-order chi connectivity index (χ0) is 18.3. The van der Waals surface area contributed by atoms with E-state index in [0.717, 1.165) is 12.8 Å². The Balaban J connectivity index is 4.26. The van der Waals surface area contributed by atoms with E-state index in [1.54, 1.807) is 0 Å². The second kappa shape index (κ2) is 8.88. The first kappa shape index (κ1) is 22.2. The molecule has 0 aromatic heterocycles. The van der Waals surface area contributed by atoms with Gasteiger partial charge in [-0.05, 0) is 59.4 Å². The molecule has 0 aromatic rings. The van der Waals surface area contributed by atoms with E-state index >= 15 is 0 Å². The molecule has 0 fully saturated rings. The van der Waals surface area contributed by atoms with Crippen LogP contribution in [-0.2, 0) is 14.2 Å². The summed E-state index contributed by atoms with van der Waals surface area (Å²) in [6, 6.07) is 0. The third kappa shape index (κ3) is 9.16. The van der Waals surface area contributed by atoms with Crippen LogP contribution in [0.4, 0.5) is 4.79 Å². The number of carbonyl (C=O) groups excluding carboxylic acids is 1. The molecule has 0 amide bonds. The minimum absolute atomic E-state index is 0.0371. The van der Waals surface area contributed by atoms with Gasteiger partial charge in [-0.25, -0.2) is 4.79 Å².